The normalized spacial score (nSPS) is 30.4. The Labute approximate surface area is 200 Å². The molecule has 1 aromatic heterocycles. The summed E-state index contributed by atoms with van der Waals surface area (Å²) in [6.45, 7) is 0. The van der Waals surface area contributed by atoms with Gasteiger partial charge in [-0.25, -0.2) is 8.42 Å². The van der Waals surface area contributed by atoms with Gasteiger partial charge in [0.2, 0.25) is 0 Å². The largest absolute Gasteiger partial charge is 0.495 e. The van der Waals surface area contributed by atoms with Crippen LogP contribution in [0.15, 0.2) is 71.5 Å². The van der Waals surface area contributed by atoms with E-state index >= 15 is 0 Å². The summed E-state index contributed by atoms with van der Waals surface area (Å²) in [5.41, 5.74) is -2.49. The monoisotopic (exact) mass is 531 g/mol. The lowest BCUT2D eigenvalue weighted by Gasteiger charge is -2.40. The number of pyridine rings is 1. The van der Waals surface area contributed by atoms with Crippen molar-refractivity contribution in [1.29, 1.82) is 0 Å². The predicted molar refractivity (Wildman–Crippen MR) is 125 cm³/mol. The van der Waals surface area contributed by atoms with Gasteiger partial charge >= 0.3 is 0 Å². The van der Waals surface area contributed by atoms with Crippen molar-refractivity contribution in [3.05, 3.63) is 88.2 Å². The lowest BCUT2D eigenvalue weighted by molar-refractivity contribution is -0.149. The summed E-state index contributed by atoms with van der Waals surface area (Å²) in [6.07, 6.45) is 2.22. The van der Waals surface area contributed by atoms with Crippen molar-refractivity contribution in [2.75, 3.05) is 13.4 Å². The van der Waals surface area contributed by atoms with E-state index < -0.39 is 38.3 Å². The molecule has 0 spiro atoms. The molecule has 9 heteroatoms. The summed E-state index contributed by atoms with van der Waals surface area (Å²) in [5, 5.41) is 22.7. The SMILES string of the molecule is COc1cncc2c1[C@]1(O)[C@H](O)[C@H](S(C)(=O)=O)[C@@H](c3ccccc3)[C@]1(c1ccc(Br)cc1)O2. The van der Waals surface area contributed by atoms with E-state index in [1.165, 1.54) is 19.5 Å². The highest BCUT2D eigenvalue weighted by Crippen LogP contribution is 2.68. The van der Waals surface area contributed by atoms with Crippen molar-refractivity contribution < 1.29 is 28.1 Å². The quantitative estimate of drug-likeness (QED) is 0.533. The predicted octanol–water partition coefficient (Wildman–Crippen LogP) is 2.90. The van der Waals surface area contributed by atoms with E-state index in [1.54, 1.807) is 48.5 Å². The molecular weight excluding hydrogens is 510 g/mol. The Bertz CT molecular complexity index is 1320. The molecule has 33 heavy (non-hydrogen) atoms. The minimum absolute atomic E-state index is 0.183. The number of aliphatic hydroxyl groups excluding tert-OH is 1. The highest BCUT2D eigenvalue weighted by atomic mass is 79.9. The van der Waals surface area contributed by atoms with Gasteiger partial charge in [0.15, 0.2) is 21.0 Å². The molecule has 0 bridgehead atoms. The molecule has 0 saturated heterocycles. The van der Waals surface area contributed by atoms with Crippen LogP contribution in [0.4, 0.5) is 0 Å². The Hall–Kier alpha value is -2.46. The van der Waals surface area contributed by atoms with Crippen molar-refractivity contribution in [2.24, 2.45) is 0 Å². The Kier molecular flexibility index (Phi) is 5.09. The maximum atomic E-state index is 13.1. The number of fused-ring (bicyclic) bond motifs is 3. The minimum atomic E-state index is -3.86. The smallest absolute Gasteiger partial charge is 0.178 e. The van der Waals surface area contributed by atoms with Crippen LogP contribution in [0.5, 0.6) is 11.5 Å². The third-order valence-corrected chi connectivity index (χ3v) is 8.79. The number of nitrogens with zero attached hydrogens (tertiary/aromatic N) is 1. The van der Waals surface area contributed by atoms with Gasteiger partial charge in [0, 0.05) is 10.7 Å². The summed E-state index contributed by atoms with van der Waals surface area (Å²) in [4.78, 5) is 4.15. The highest BCUT2D eigenvalue weighted by molar-refractivity contribution is 9.10. The molecule has 1 aliphatic heterocycles. The molecule has 2 heterocycles. The van der Waals surface area contributed by atoms with Crippen molar-refractivity contribution in [3.8, 4) is 11.5 Å². The molecule has 0 radical (unpaired) electrons. The second kappa shape index (κ2) is 7.53. The third kappa shape index (κ3) is 2.92. The van der Waals surface area contributed by atoms with Crippen molar-refractivity contribution in [2.45, 2.75) is 28.5 Å². The fourth-order valence-corrected chi connectivity index (χ4v) is 7.28. The molecule has 1 aliphatic carbocycles. The Morgan fingerprint density at radius 2 is 1.76 bits per heavy atom. The minimum Gasteiger partial charge on any atom is -0.495 e. The fourth-order valence-electron chi connectivity index (χ4n) is 5.51. The second-order valence-electron chi connectivity index (χ2n) is 8.45. The van der Waals surface area contributed by atoms with Gasteiger partial charge in [-0.3, -0.25) is 4.98 Å². The van der Waals surface area contributed by atoms with Gasteiger partial charge in [0.05, 0.1) is 31.0 Å². The van der Waals surface area contributed by atoms with Crippen molar-refractivity contribution >= 4 is 25.8 Å². The van der Waals surface area contributed by atoms with Crippen LogP contribution in [-0.4, -0.2) is 48.3 Å². The zero-order chi connectivity index (χ0) is 23.6. The van der Waals surface area contributed by atoms with Crippen LogP contribution >= 0.6 is 15.9 Å². The summed E-state index contributed by atoms with van der Waals surface area (Å²) in [7, 11) is -2.44. The molecule has 2 aromatic carbocycles. The van der Waals surface area contributed by atoms with Crippen molar-refractivity contribution in [3.63, 3.8) is 0 Å². The van der Waals surface area contributed by atoms with Crippen molar-refractivity contribution in [1.82, 2.24) is 4.98 Å². The van der Waals surface area contributed by atoms with Gasteiger partial charge in [0.1, 0.15) is 22.9 Å². The average molecular weight is 532 g/mol. The molecule has 172 valence electrons. The van der Waals surface area contributed by atoms with E-state index in [0.717, 1.165) is 10.7 Å². The number of rotatable bonds is 4. The van der Waals surface area contributed by atoms with E-state index in [0.29, 0.717) is 11.1 Å². The molecule has 1 fully saturated rings. The van der Waals surface area contributed by atoms with Crippen LogP contribution < -0.4 is 9.47 Å². The van der Waals surface area contributed by atoms with Crippen LogP contribution in [0.1, 0.15) is 22.6 Å². The van der Waals surface area contributed by atoms with Crippen LogP contribution in [0.25, 0.3) is 0 Å². The molecule has 0 amide bonds. The Balaban J connectivity index is 1.92. The van der Waals surface area contributed by atoms with Gasteiger partial charge in [-0.15, -0.1) is 0 Å². The zero-order valence-corrected chi connectivity index (χ0v) is 20.2. The van der Waals surface area contributed by atoms with E-state index in [-0.39, 0.29) is 17.1 Å². The maximum absolute atomic E-state index is 13.1. The van der Waals surface area contributed by atoms with Gasteiger partial charge < -0.3 is 19.7 Å². The molecular formula is C24H22BrNO6S. The van der Waals surface area contributed by atoms with E-state index in [1.807, 2.05) is 6.07 Å². The van der Waals surface area contributed by atoms with Crippen LogP contribution in [0.3, 0.4) is 0 Å². The first-order valence-electron chi connectivity index (χ1n) is 10.3. The first kappa shape index (κ1) is 22.3. The van der Waals surface area contributed by atoms with E-state index in [4.69, 9.17) is 9.47 Å². The number of ether oxygens (including phenoxy) is 2. The molecule has 7 nitrogen and oxygen atoms in total. The lowest BCUT2D eigenvalue weighted by atomic mass is 9.71. The number of aliphatic hydroxyl groups is 2. The first-order valence-corrected chi connectivity index (χ1v) is 13.0. The topological polar surface area (TPSA) is 106 Å². The number of methoxy groups -OCH3 is 1. The average Bonchev–Trinajstić information content (AvgIpc) is 3.18. The number of hydrogen-bond donors (Lipinski definition) is 2. The Morgan fingerprint density at radius 1 is 1.09 bits per heavy atom. The van der Waals surface area contributed by atoms with Gasteiger partial charge in [-0.05, 0) is 23.3 Å². The standard InChI is InChI=1S/C24H22BrNO6S/c1-31-17-12-26-13-18-20(17)23(28)22(27)21(33(2,29)30)19(14-6-4-3-5-7-14)24(23,32-18)15-8-10-16(25)11-9-15/h3-13,19,21-22,27-28H,1-2H3/t19-,21-,22-,23+,24+/m1/s1. The highest BCUT2D eigenvalue weighted by Gasteiger charge is 2.78. The lowest BCUT2D eigenvalue weighted by Crippen LogP contribution is -2.52. The summed E-state index contributed by atoms with van der Waals surface area (Å²) in [6, 6.07) is 16.1. The van der Waals surface area contributed by atoms with Gasteiger partial charge in [-0.2, -0.15) is 0 Å². The number of aromatic nitrogens is 1. The Morgan fingerprint density at radius 3 is 2.36 bits per heavy atom. The molecule has 2 N–H and O–H groups in total. The maximum Gasteiger partial charge on any atom is 0.178 e. The summed E-state index contributed by atoms with van der Waals surface area (Å²) < 4.78 is 39.0. The molecule has 5 rings (SSSR count). The summed E-state index contributed by atoms with van der Waals surface area (Å²) in [5.74, 6) is -0.507. The van der Waals surface area contributed by atoms with Gasteiger partial charge in [-0.1, -0.05) is 58.4 Å². The third-order valence-electron chi connectivity index (χ3n) is 6.75. The number of benzene rings is 2. The molecule has 1 saturated carbocycles. The number of halogens is 1. The van der Waals surface area contributed by atoms with E-state index in [2.05, 4.69) is 20.9 Å². The van der Waals surface area contributed by atoms with E-state index in [9.17, 15) is 18.6 Å². The first-order chi connectivity index (χ1) is 15.7. The molecule has 3 aromatic rings. The van der Waals surface area contributed by atoms with Crippen LogP contribution in [0.2, 0.25) is 0 Å². The molecule has 2 aliphatic rings. The second-order valence-corrected chi connectivity index (χ2v) is 11.6. The zero-order valence-electron chi connectivity index (χ0n) is 17.8. The van der Waals surface area contributed by atoms with Crippen LogP contribution in [0, 0.1) is 0 Å². The number of hydrogen-bond acceptors (Lipinski definition) is 7. The molecule has 0 unspecified atom stereocenters. The van der Waals surface area contributed by atoms with Gasteiger partial charge in [0.25, 0.3) is 0 Å². The summed E-state index contributed by atoms with van der Waals surface area (Å²) >= 11 is 3.43. The molecule has 5 atom stereocenters. The van der Waals surface area contributed by atoms with Crippen LogP contribution in [-0.2, 0) is 21.0 Å². The number of sulfone groups is 1. The fraction of sp³-hybridized carbons (Fsp3) is 0.292.